The third-order valence-corrected chi connectivity index (χ3v) is 2.55. The summed E-state index contributed by atoms with van der Waals surface area (Å²) in [4.78, 5) is 34.2. The topological polar surface area (TPSA) is 60.4 Å². The minimum Gasteiger partial charge on any atom is -0.424 e. The highest BCUT2D eigenvalue weighted by atomic mass is 35.5. The Balaban J connectivity index is 2.68. The van der Waals surface area contributed by atoms with E-state index in [1.165, 1.54) is 25.1 Å². The first-order chi connectivity index (χ1) is 8.00. The molecule has 0 radical (unpaired) electrons. The van der Waals surface area contributed by atoms with Crippen molar-refractivity contribution < 1.29 is 19.1 Å². The van der Waals surface area contributed by atoms with E-state index in [0.29, 0.717) is 0 Å². The van der Waals surface area contributed by atoms with Gasteiger partial charge in [-0.15, -0.1) is 0 Å². The van der Waals surface area contributed by atoms with Crippen molar-refractivity contribution in [2.75, 3.05) is 0 Å². The summed E-state index contributed by atoms with van der Waals surface area (Å²) >= 11 is 5.85. The molecule has 1 aromatic rings. The lowest BCUT2D eigenvalue weighted by Gasteiger charge is -2.14. The number of benzene rings is 1. The van der Waals surface area contributed by atoms with E-state index in [4.69, 9.17) is 16.3 Å². The second kappa shape index (κ2) is 4.14. The summed E-state index contributed by atoms with van der Waals surface area (Å²) in [6, 6.07) is 2.86. The Morgan fingerprint density at radius 2 is 1.82 bits per heavy atom. The molecule has 0 heterocycles. The van der Waals surface area contributed by atoms with Crippen molar-refractivity contribution in [3.63, 3.8) is 0 Å². The van der Waals surface area contributed by atoms with Crippen LogP contribution >= 0.6 is 11.6 Å². The Hall–Kier alpha value is -1.94. The number of rotatable bonds is 1. The maximum absolute atomic E-state index is 11.7. The van der Waals surface area contributed by atoms with Gasteiger partial charge < -0.3 is 4.74 Å². The number of ketones is 2. The Kier molecular flexibility index (Phi) is 2.81. The monoisotopic (exact) mass is 250 g/mol. The Morgan fingerprint density at radius 1 is 1.18 bits per heavy atom. The summed E-state index contributed by atoms with van der Waals surface area (Å²) in [5, 5.41) is 0.121. The molecule has 0 fully saturated rings. The van der Waals surface area contributed by atoms with E-state index >= 15 is 0 Å². The molecule has 1 aromatic carbocycles. The van der Waals surface area contributed by atoms with Crippen LogP contribution in [0.3, 0.4) is 0 Å². The second-order valence-electron chi connectivity index (χ2n) is 3.45. The Morgan fingerprint density at radius 3 is 2.47 bits per heavy atom. The molecule has 0 saturated heterocycles. The van der Waals surface area contributed by atoms with Crippen LogP contribution in [0.2, 0.25) is 5.02 Å². The van der Waals surface area contributed by atoms with Crippen LogP contribution in [0.15, 0.2) is 24.3 Å². The molecule has 0 aromatic heterocycles. The number of fused-ring (bicyclic) bond motifs is 1. The smallest absolute Gasteiger partial charge is 0.308 e. The van der Waals surface area contributed by atoms with Crippen LogP contribution in [-0.2, 0) is 4.79 Å². The van der Waals surface area contributed by atoms with E-state index in [2.05, 4.69) is 0 Å². The molecule has 0 aliphatic heterocycles. The van der Waals surface area contributed by atoms with Crippen LogP contribution in [0.4, 0.5) is 0 Å². The molecule has 0 N–H and O–H groups in total. The standard InChI is InChI=1S/C12H7ClO4/c1-6(14)17-12-8(13)3-2-7-9(15)4-5-10(16)11(7)12/h2-5H,1H3. The number of hydrogen-bond acceptors (Lipinski definition) is 4. The molecule has 4 nitrogen and oxygen atoms in total. The van der Waals surface area contributed by atoms with Gasteiger partial charge in [0.05, 0.1) is 10.6 Å². The van der Waals surface area contributed by atoms with Gasteiger partial charge in [-0.1, -0.05) is 11.6 Å². The van der Waals surface area contributed by atoms with Gasteiger partial charge in [-0.2, -0.15) is 0 Å². The van der Waals surface area contributed by atoms with E-state index in [0.717, 1.165) is 6.08 Å². The van der Waals surface area contributed by atoms with Crippen LogP contribution < -0.4 is 4.74 Å². The van der Waals surface area contributed by atoms with Gasteiger partial charge in [0, 0.05) is 12.5 Å². The molecule has 5 heteroatoms. The van der Waals surface area contributed by atoms with Crippen molar-refractivity contribution in [2.45, 2.75) is 6.92 Å². The summed E-state index contributed by atoms with van der Waals surface area (Å²) < 4.78 is 4.88. The Bertz CT molecular complexity index is 572. The van der Waals surface area contributed by atoms with Gasteiger partial charge in [0.1, 0.15) is 0 Å². The highest BCUT2D eigenvalue weighted by molar-refractivity contribution is 6.34. The lowest BCUT2D eigenvalue weighted by Crippen LogP contribution is -2.15. The van der Waals surface area contributed by atoms with Gasteiger partial charge in [-0.25, -0.2) is 0 Å². The molecule has 0 bridgehead atoms. The second-order valence-corrected chi connectivity index (χ2v) is 3.86. The van der Waals surface area contributed by atoms with Crippen molar-refractivity contribution in [2.24, 2.45) is 0 Å². The van der Waals surface area contributed by atoms with Crippen molar-refractivity contribution in [3.05, 3.63) is 40.4 Å². The first-order valence-corrected chi connectivity index (χ1v) is 5.16. The van der Waals surface area contributed by atoms with Gasteiger partial charge in [-0.05, 0) is 24.3 Å². The Labute approximate surface area is 102 Å². The largest absolute Gasteiger partial charge is 0.424 e. The first-order valence-electron chi connectivity index (χ1n) is 4.78. The zero-order chi connectivity index (χ0) is 12.6. The summed E-state index contributed by atoms with van der Waals surface area (Å²) in [5.41, 5.74) is 0.235. The van der Waals surface area contributed by atoms with Gasteiger partial charge in [0.2, 0.25) is 0 Å². The maximum atomic E-state index is 11.7. The van der Waals surface area contributed by atoms with Crippen molar-refractivity contribution in [3.8, 4) is 5.75 Å². The van der Waals surface area contributed by atoms with Crippen LogP contribution in [-0.4, -0.2) is 17.5 Å². The minimum absolute atomic E-state index is 0.0419. The van der Waals surface area contributed by atoms with E-state index in [9.17, 15) is 14.4 Å². The number of hydrogen-bond donors (Lipinski definition) is 0. The minimum atomic E-state index is -0.602. The molecule has 2 rings (SSSR count). The number of halogens is 1. The zero-order valence-electron chi connectivity index (χ0n) is 8.82. The molecule has 1 aliphatic carbocycles. The predicted octanol–water partition coefficient (Wildman–Crippen LogP) is 2.20. The molecule has 0 spiro atoms. The summed E-state index contributed by atoms with van der Waals surface area (Å²) in [7, 11) is 0. The number of esters is 1. The van der Waals surface area contributed by atoms with Crippen LogP contribution in [0.1, 0.15) is 27.6 Å². The highest BCUT2D eigenvalue weighted by Crippen LogP contribution is 2.34. The van der Waals surface area contributed by atoms with Crippen molar-refractivity contribution in [1.29, 1.82) is 0 Å². The average Bonchev–Trinajstić information content (AvgIpc) is 2.26. The molecule has 0 amide bonds. The van der Waals surface area contributed by atoms with Gasteiger partial charge in [-0.3, -0.25) is 14.4 Å². The number of carbonyl (C=O) groups is 3. The van der Waals surface area contributed by atoms with Gasteiger partial charge in [0.25, 0.3) is 0 Å². The summed E-state index contributed by atoms with van der Waals surface area (Å²) in [6.45, 7) is 1.20. The third kappa shape index (κ3) is 1.99. The fraction of sp³-hybridized carbons (Fsp3) is 0.0833. The molecule has 0 atom stereocenters. The molecule has 0 unspecified atom stereocenters. The van der Waals surface area contributed by atoms with Crippen LogP contribution in [0.5, 0.6) is 5.75 Å². The highest BCUT2D eigenvalue weighted by Gasteiger charge is 2.26. The van der Waals surface area contributed by atoms with E-state index in [1.54, 1.807) is 0 Å². The number of carbonyl (C=O) groups excluding carboxylic acids is 3. The molecule has 17 heavy (non-hydrogen) atoms. The zero-order valence-corrected chi connectivity index (χ0v) is 9.58. The molecular weight excluding hydrogens is 244 g/mol. The van der Waals surface area contributed by atoms with Crippen LogP contribution in [0, 0.1) is 0 Å². The normalized spacial score (nSPS) is 13.5. The summed E-state index contributed by atoms with van der Waals surface area (Å²) in [5.74, 6) is -1.38. The lowest BCUT2D eigenvalue weighted by molar-refractivity contribution is -0.131. The molecular formula is C12H7ClO4. The number of ether oxygens (including phenoxy) is 1. The molecule has 0 saturated carbocycles. The SMILES string of the molecule is CC(=O)Oc1c(Cl)ccc2c1C(=O)C=CC2=O. The van der Waals surface area contributed by atoms with E-state index in [-0.39, 0.29) is 27.7 Å². The predicted molar refractivity (Wildman–Crippen MR) is 60.6 cm³/mol. The molecule has 86 valence electrons. The first kappa shape index (κ1) is 11.5. The quantitative estimate of drug-likeness (QED) is 0.566. The fourth-order valence-corrected chi connectivity index (χ4v) is 1.77. The van der Waals surface area contributed by atoms with Gasteiger partial charge >= 0.3 is 5.97 Å². The van der Waals surface area contributed by atoms with Crippen LogP contribution in [0.25, 0.3) is 0 Å². The van der Waals surface area contributed by atoms with Crippen molar-refractivity contribution >= 4 is 29.1 Å². The van der Waals surface area contributed by atoms with Gasteiger partial charge in [0.15, 0.2) is 17.3 Å². The van der Waals surface area contributed by atoms with Crippen molar-refractivity contribution in [1.82, 2.24) is 0 Å². The van der Waals surface area contributed by atoms with E-state index in [1.807, 2.05) is 0 Å². The maximum Gasteiger partial charge on any atom is 0.308 e. The third-order valence-electron chi connectivity index (χ3n) is 2.25. The number of allylic oxidation sites excluding steroid dienone is 2. The lowest BCUT2D eigenvalue weighted by atomic mass is 9.94. The summed E-state index contributed by atoms with van der Waals surface area (Å²) in [6.07, 6.45) is 2.31. The average molecular weight is 251 g/mol. The fourth-order valence-electron chi connectivity index (χ4n) is 1.58. The van der Waals surface area contributed by atoms with E-state index < -0.39 is 11.8 Å². The molecule has 1 aliphatic rings.